The summed E-state index contributed by atoms with van der Waals surface area (Å²) < 4.78 is 1.52. The Hall–Kier alpha value is 0.799. The zero-order valence-electron chi connectivity index (χ0n) is 4.28. The van der Waals surface area contributed by atoms with Gasteiger partial charge in [-0.25, -0.2) is 0 Å². The first-order valence-electron chi connectivity index (χ1n) is 2.27. The van der Waals surface area contributed by atoms with Crippen LogP contribution in [0.15, 0.2) is 0 Å². The maximum atomic E-state index is 2.43. The Kier molecular flexibility index (Phi) is 3.49. The summed E-state index contributed by atoms with van der Waals surface area (Å²) in [5.74, 6) is 0. The van der Waals surface area contributed by atoms with Gasteiger partial charge in [-0.3, -0.25) is 0 Å². The Morgan fingerprint density at radius 1 is 1.40 bits per heavy atom. The Labute approximate surface area is 41.3 Å². The van der Waals surface area contributed by atoms with E-state index in [4.69, 9.17) is 0 Å². The third-order valence-corrected chi connectivity index (χ3v) is 5.48. The first-order chi connectivity index (χ1) is 2.27. The summed E-state index contributed by atoms with van der Waals surface area (Å²) >= 11 is -0.679. The molecule has 0 spiro atoms. The molecule has 0 saturated carbocycles. The fourth-order valence-corrected chi connectivity index (χ4v) is 0. The van der Waals surface area contributed by atoms with E-state index in [0.29, 0.717) is 0 Å². The van der Waals surface area contributed by atoms with Crippen molar-refractivity contribution in [2.24, 2.45) is 0 Å². The second-order valence-corrected chi connectivity index (χ2v) is 12.1. The molecule has 0 bridgehead atoms. The molecular weight excluding hydrogens is 167 g/mol. The van der Waals surface area contributed by atoms with Crippen molar-refractivity contribution in [3.05, 3.63) is 0 Å². The molecule has 32 valence electrons. The van der Waals surface area contributed by atoms with E-state index in [-0.39, 0.29) is 0 Å². The van der Waals surface area contributed by atoms with Gasteiger partial charge in [-0.2, -0.15) is 0 Å². The summed E-state index contributed by atoms with van der Waals surface area (Å²) in [6.07, 6.45) is 0. The molecule has 0 saturated heterocycles. The Morgan fingerprint density at radius 2 is 1.60 bits per heavy atom. The van der Waals surface area contributed by atoms with Gasteiger partial charge in [0.1, 0.15) is 0 Å². The van der Waals surface area contributed by atoms with Gasteiger partial charge in [0.15, 0.2) is 0 Å². The predicted molar refractivity (Wildman–Crippen MR) is 29.4 cm³/mol. The van der Waals surface area contributed by atoms with Gasteiger partial charge in [-0.1, -0.05) is 0 Å². The topological polar surface area (TPSA) is 0 Å². The second kappa shape index (κ2) is 3.01. The summed E-state index contributed by atoms with van der Waals surface area (Å²) in [5, 5.41) is 0. The third kappa shape index (κ3) is 4.80. The van der Waals surface area contributed by atoms with Crippen LogP contribution in [-0.2, 0) is 0 Å². The number of hydrogen-bond acceptors (Lipinski definition) is 0. The number of hydrogen-bond donors (Lipinski definition) is 0. The normalized spacial score (nSPS) is 9.60. The van der Waals surface area contributed by atoms with Crippen molar-refractivity contribution in [3.8, 4) is 0 Å². The Balaban J connectivity index is 2.54. The molecular formula is C4H12Sn. The average Bonchev–Trinajstić information content (AvgIpc) is 1.38. The van der Waals surface area contributed by atoms with Crippen LogP contribution in [0.4, 0.5) is 0 Å². The zero-order valence-corrected chi connectivity index (χ0v) is 7.58. The van der Waals surface area contributed by atoms with Gasteiger partial charge in [0.05, 0.1) is 0 Å². The first-order valence-corrected chi connectivity index (χ1v) is 11.2. The molecule has 0 unspecified atom stereocenters. The molecule has 1 heteroatoms. The van der Waals surface area contributed by atoms with Crippen LogP contribution >= 0.6 is 0 Å². The molecule has 0 aromatic heterocycles. The van der Waals surface area contributed by atoms with Crippen LogP contribution in [0.25, 0.3) is 0 Å². The quantitative estimate of drug-likeness (QED) is 0.534. The summed E-state index contributed by atoms with van der Waals surface area (Å²) in [4.78, 5) is 4.86. The average molecular weight is 179 g/mol. The van der Waals surface area contributed by atoms with Crippen LogP contribution in [0.2, 0.25) is 14.3 Å². The van der Waals surface area contributed by atoms with E-state index in [2.05, 4.69) is 16.8 Å². The molecule has 0 rings (SSSR count). The van der Waals surface area contributed by atoms with E-state index in [1.165, 1.54) is 4.44 Å². The minimum absolute atomic E-state index is 0.679. The van der Waals surface area contributed by atoms with Crippen molar-refractivity contribution < 1.29 is 0 Å². The van der Waals surface area contributed by atoms with Gasteiger partial charge in [-0.05, 0) is 0 Å². The molecule has 0 aliphatic heterocycles. The molecule has 0 fully saturated rings. The maximum absolute atomic E-state index is 2.43. The molecule has 0 atom stereocenters. The molecule has 0 amide bonds. The monoisotopic (exact) mass is 180 g/mol. The molecule has 0 aromatic carbocycles. The summed E-state index contributed by atoms with van der Waals surface area (Å²) in [5.41, 5.74) is 0. The van der Waals surface area contributed by atoms with Gasteiger partial charge in [-0.15, -0.1) is 0 Å². The van der Waals surface area contributed by atoms with Gasteiger partial charge in [0.2, 0.25) is 0 Å². The molecule has 0 nitrogen and oxygen atoms in total. The van der Waals surface area contributed by atoms with Crippen LogP contribution in [0.5, 0.6) is 0 Å². The standard InChI is InChI=1S/C2H5.2CH3.Sn.H/c1-2;;;;/h1H2,2H3;2*1H3;;. The van der Waals surface area contributed by atoms with E-state index >= 15 is 0 Å². The summed E-state index contributed by atoms with van der Waals surface area (Å²) in [7, 11) is 0. The van der Waals surface area contributed by atoms with Crippen LogP contribution < -0.4 is 0 Å². The Bertz CT molecular complexity index is 17.6. The Morgan fingerprint density at radius 3 is 1.60 bits per heavy atom. The molecule has 0 N–H and O–H groups in total. The van der Waals surface area contributed by atoms with Crippen LogP contribution in [0.1, 0.15) is 6.92 Å². The van der Waals surface area contributed by atoms with Gasteiger partial charge in [0, 0.05) is 0 Å². The van der Waals surface area contributed by atoms with Gasteiger partial charge < -0.3 is 0 Å². The molecule has 0 aromatic rings. The fourth-order valence-electron chi connectivity index (χ4n) is 0. The van der Waals surface area contributed by atoms with E-state index in [9.17, 15) is 0 Å². The molecule has 0 aliphatic rings. The van der Waals surface area contributed by atoms with Crippen molar-refractivity contribution in [2.75, 3.05) is 0 Å². The van der Waals surface area contributed by atoms with Crippen molar-refractivity contribution in [1.29, 1.82) is 0 Å². The van der Waals surface area contributed by atoms with E-state index in [0.717, 1.165) is 0 Å². The van der Waals surface area contributed by atoms with Crippen LogP contribution in [-0.4, -0.2) is 19.8 Å². The molecule has 0 radical (unpaired) electrons. The summed E-state index contributed by atoms with van der Waals surface area (Å²) in [6.45, 7) is 2.29. The van der Waals surface area contributed by atoms with E-state index < -0.39 is 19.8 Å². The van der Waals surface area contributed by atoms with Crippen molar-refractivity contribution in [1.82, 2.24) is 0 Å². The minimum atomic E-state index is -0.679. The second-order valence-electron chi connectivity index (χ2n) is 1.80. The first kappa shape index (κ1) is 5.80. The summed E-state index contributed by atoms with van der Waals surface area (Å²) in [6, 6.07) is 0. The van der Waals surface area contributed by atoms with E-state index in [1.54, 1.807) is 0 Å². The molecule has 0 heterocycles. The molecule has 0 aliphatic carbocycles. The molecule has 5 heavy (non-hydrogen) atoms. The van der Waals surface area contributed by atoms with Crippen molar-refractivity contribution >= 4 is 19.8 Å². The van der Waals surface area contributed by atoms with Crippen LogP contribution in [0.3, 0.4) is 0 Å². The van der Waals surface area contributed by atoms with Gasteiger partial charge >= 0.3 is 41.0 Å². The predicted octanol–water partition coefficient (Wildman–Crippen LogP) is 1.49. The number of rotatable bonds is 1. The van der Waals surface area contributed by atoms with Crippen molar-refractivity contribution in [2.45, 2.75) is 21.2 Å². The SMILES string of the molecule is C[CH2][SnH]([CH3])[CH3]. The van der Waals surface area contributed by atoms with E-state index in [1.807, 2.05) is 0 Å². The van der Waals surface area contributed by atoms with Crippen molar-refractivity contribution in [3.63, 3.8) is 0 Å². The zero-order chi connectivity index (χ0) is 4.28. The third-order valence-electron chi connectivity index (χ3n) is 0.816. The fraction of sp³-hybridized carbons (Fsp3) is 1.00. The van der Waals surface area contributed by atoms with Gasteiger partial charge in [0.25, 0.3) is 0 Å². The van der Waals surface area contributed by atoms with Crippen LogP contribution in [0, 0.1) is 0 Å².